The first-order valence-electron chi connectivity index (χ1n) is 7.86. The van der Waals surface area contributed by atoms with Crippen molar-refractivity contribution in [2.75, 3.05) is 6.61 Å². The third kappa shape index (κ3) is 3.43. The van der Waals surface area contributed by atoms with Crippen LogP contribution >= 0.6 is 0 Å². The number of nitriles is 1. The lowest BCUT2D eigenvalue weighted by Crippen LogP contribution is -1.99. The molecule has 0 radical (unpaired) electrons. The van der Waals surface area contributed by atoms with Gasteiger partial charge in [-0.05, 0) is 49.7 Å². The van der Waals surface area contributed by atoms with Gasteiger partial charge in [0.25, 0.3) is 0 Å². The van der Waals surface area contributed by atoms with Crippen LogP contribution in [0.5, 0.6) is 17.4 Å². The molecule has 25 heavy (non-hydrogen) atoms. The maximum absolute atomic E-state index is 11.0. The normalized spacial score (nSPS) is 10.3. The number of carbonyl (C=O) groups is 1. The molecule has 0 aliphatic rings. The first-order valence-corrected chi connectivity index (χ1v) is 7.86. The summed E-state index contributed by atoms with van der Waals surface area (Å²) >= 11 is 0. The average molecular weight is 332 g/mol. The highest BCUT2D eigenvalue weighted by Crippen LogP contribution is 2.34. The van der Waals surface area contributed by atoms with E-state index in [1.54, 1.807) is 24.3 Å². The number of fused-ring (bicyclic) bond motifs is 1. The van der Waals surface area contributed by atoms with Crippen LogP contribution in [0.2, 0.25) is 0 Å². The van der Waals surface area contributed by atoms with E-state index in [1.165, 1.54) is 0 Å². The number of rotatable bonds is 5. The first kappa shape index (κ1) is 16.5. The SMILES string of the molecule is CCOc1cc(C=O)ccc1Oc1nc2cc(C)ccc2cc1C#N. The number of hydrogen-bond acceptors (Lipinski definition) is 5. The summed E-state index contributed by atoms with van der Waals surface area (Å²) in [5, 5.41) is 10.3. The molecule has 0 saturated heterocycles. The van der Waals surface area contributed by atoms with Crippen molar-refractivity contribution in [1.29, 1.82) is 5.26 Å². The van der Waals surface area contributed by atoms with Gasteiger partial charge in [0, 0.05) is 10.9 Å². The summed E-state index contributed by atoms with van der Waals surface area (Å²) in [6.07, 6.45) is 0.740. The third-order valence-electron chi connectivity index (χ3n) is 3.67. The van der Waals surface area contributed by atoms with Gasteiger partial charge in [0.2, 0.25) is 5.88 Å². The molecule has 0 aliphatic heterocycles. The molecule has 2 aromatic carbocycles. The van der Waals surface area contributed by atoms with E-state index in [4.69, 9.17) is 9.47 Å². The summed E-state index contributed by atoms with van der Waals surface area (Å²) in [7, 11) is 0. The number of aldehydes is 1. The van der Waals surface area contributed by atoms with E-state index in [0.29, 0.717) is 29.2 Å². The molecule has 0 unspecified atom stereocenters. The Morgan fingerprint density at radius 1 is 1.16 bits per heavy atom. The number of hydrogen-bond donors (Lipinski definition) is 0. The molecule has 3 aromatic rings. The van der Waals surface area contributed by atoms with Crippen LogP contribution < -0.4 is 9.47 Å². The Morgan fingerprint density at radius 3 is 2.72 bits per heavy atom. The van der Waals surface area contributed by atoms with Gasteiger partial charge in [0.1, 0.15) is 17.9 Å². The molecule has 0 aliphatic carbocycles. The van der Waals surface area contributed by atoms with E-state index in [0.717, 1.165) is 22.8 Å². The highest BCUT2D eigenvalue weighted by Gasteiger charge is 2.13. The molecular formula is C20H16N2O3. The molecule has 124 valence electrons. The fourth-order valence-electron chi connectivity index (χ4n) is 2.47. The van der Waals surface area contributed by atoms with Gasteiger partial charge < -0.3 is 9.47 Å². The van der Waals surface area contributed by atoms with Crippen molar-refractivity contribution in [2.45, 2.75) is 13.8 Å². The lowest BCUT2D eigenvalue weighted by Gasteiger charge is -2.13. The summed E-state index contributed by atoms with van der Waals surface area (Å²) in [6.45, 7) is 4.24. The Bertz CT molecular complexity index is 990. The Kier molecular flexibility index (Phi) is 4.62. The van der Waals surface area contributed by atoms with Crippen LogP contribution in [-0.2, 0) is 0 Å². The summed E-state index contributed by atoms with van der Waals surface area (Å²) in [5.74, 6) is 1.05. The lowest BCUT2D eigenvalue weighted by molar-refractivity contribution is 0.112. The van der Waals surface area contributed by atoms with Crippen molar-refractivity contribution in [2.24, 2.45) is 0 Å². The maximum Gasteiger partial charge on any atom is 0.238 e. The molecule has 0 spiro atoms. The van der Waals surface area contributed by atoms with Crippen molar-refractivity contribution >= 4 is 17.2 Å². The van der Waals surface area contributed by atoms with Crippen LogP contribution in [0, 0.1) is 18.3 Å². The van der Waals surface area contributed by atoms with Gasteiger partial charge in [-0.2, -0.15) is 5.26 Å². The second-order valence-electron chi connectivity index (χ2n) is 5.51. The zero-order chi connectivity index (χ0) is 17.8. The standard InChI is InChI=1S/C20H16N2O3/c1-3-24-19-9-14(12-23)5-7-18(19)25-20-16(11-21)10-15-6-4-13(2)8-17(15)22-20/h4-10,12H,3H2,1-2H3. The van der Waals surface area contributed by atoms with Crippen molar-refractivity contribution in [3.63, 3.8) is 0 Å². The van der Waals surface area contributed by atoms with Crippen LogP contribution in [0.3, 0.4) is 0 Å². The molecule has 1 heterocycles. The summed E-state index contributed by atoms with van der Waals surface area (Å²) in [4.78, 5) is 15.4. The van der Waals surface area contributed by atoms with Crippen molar-refractivity contribution in [3.05, 3.63) is 59.2 Å². The average Bonchev–Trinajstić information content (AvgIpc) is 2.62. The zero-order valence-electron chi connectivity index (χ0n) is 13.9. The zero-order valence-corrected chi connectivity index (χ0v) is 13.9. The Labute approximate surface area is 145 Å². The van der Waals surface area contributed by atoms with Crippen LogP contribution in [0.1, 0.15) is 28.4 Å². The minimum absolute atomic E-state index is 0.209. The second-order valence-corrected chi connectivity index (χ2v) is 5.51. The Balaban J connectivity index is 2.08. The van der Waals surface area contributed by atoms with Crippen LogP contribution in [0.4, 0.5) is 0 Å². The smallest absolute Gasteiger partial charge is 0.238 e. The van der Waals surface area contributed by atoms with Crippen molar-refractivity contribution in [1.82, 2.24) is 4.98 Å². The number of aryl methyl sites for hydroxylation is 1. The molecule has 0 bridgehead atoms. The Hall–Kier alpha value is -3.39. The van der Waals surface area contributed by atoms with Gasteiger partial charge in [-0.1, -0.05) is 12.1 Å². The minimum Gasteiger partial charge on any atom is -0.490 e. The monoisotopic (exact) mass is 332 g/mol. The highest BCUT2D eigenvalue weighted by molar-refractivity contribution is 5.82. The fourth-order valence-corrected chi connectivity index (χ4v) is 2.47. The van der Waals surface area contributed by atoms with Crippen LogP contribution in [0.25, 0.3) is 10.9 Å². The molecule has 0 N–H and O–H groups in total. The van der Waals surface area contributed by atoms with Gasteiger partial charge in [-0.15, -0.1) is 0 Å². The summed E-state index contributed by atoms with van der Waals surface area (Å²) in [5.41, 5.74) is 2.63. The number of nitrogens with zero attached hydrogens (tertiary/aromatic N) is 2. The molecule has 5 nitrogen and oxygen atoms in total. The molecule has 0 saturated carbocycles. The van der Waals surface area contributed by atoms with Gasteiger partial charge in [0.15, 0.2) is 11.5 Å². The van der Waals surface area contributed by atoms with Gasteiger partial charge in [-0.3, -0.25) is 4.79 Å². The van der Waals surface area contributed by atoms with E-state index in [9.17, 15) is 10.1 Å². The maximum atomic E-state index is 11.0. The largest absolute Gasteiger partial charge is 0.490 e. The van der Waals surface area contributed by atoms with Crippen molar-refractivity contribution < 1.29 is 14.3 Å². The van der Waals surface area contributed by atoms with Gasteiger partial charge in [-0.25, -0.2) is 4.98 Å². The predicted molar refractivity (Wildman–Crippen MR) is 94.3 cm³/mol. The molecular weight excluding hydrogens is 316 g/mol. The molecule has 0 fully saturated rings. The van der Waals surface area contributed by atoms with E-state index in [2.05, 4.69) is 11.1 Å². The van der Waals surface area contributed by atoms with E-state index in [-0.39, 0.29) is 5.88 Å². The summed E-state index contributed by atoms with van der Waals surface area (Å²) in [6, 6.07) is 14.5. The third-order valence-corrected chi connectivity index (χ3v) is 3.67. The number of aromatic nitrogens is 1. The van der Waals surface area contributed by atoms with Crippen LogP contribution in [-0.4, -0.2) is 17.9 Å². The van der Waals surface area contributed by atoms with E-state index < -0.39 is 0 Å². The quantitative estimate of drug-likeness (QED) is 0.647. The number of benzene rings is 2. The van der Waals surface area contributed by atoms with Crippen LogP contribution in [0.15, 0.2) is 42.5 Å². The lowest BCUT2D eigenvalue weighted by atomic mass is 10.1. The van der Waals surface area contributed by atoms with E-state index >= 15 is 0 Å². The van der Waals surface area contributed by atoms with Crippen molar-refractivity contribution in [3.8, 4) is 23.4 Å². The number of pyridine rings is 1. The van der Waals surface area contributed by atoms with Gasteiger partial charge >= 0.3 is 0 Å². The second kappa shape index (κ2) is 7.02. The molecule has 1 aromatic heterocycles. The van der Waals surface area contributed by atoms with E-state index in [1.807, 2.05) is 32.0 Å². The molecule has 3 rings (SSSR count). The summed E-state index contributed by atoms with van der Waals surface area (Å²) < 4.78 is 11.4. The van der Waals surface area contributed by atoms with Gasteiger partial charge in [0.05, 0.1) is 12.1 Å². The molecule has 5 heteroatoms. The highest BCUT2D eigenvalue weighted by atomic mass is 16.5. The minimum atomic E-state index is 0.209. The predicted octanol–water partition coefficient (Wildman–Crippen LogP) is 4.42. The number of ether oxygens (including phenoxy) is 2. The molecule has 0 atom stereocenters. The number of carbonyl (C=O) groups excluding carboxylic acids is 1. The fraction of sp³-hybridized carbons (Fsp3) is 0.150. The first-order chi connectivity index (χ1) is 12.1. The topological polar surface area (TPSA) is 72.2 Å². The Morgan fingerprint density at radius 2 is 2.00 bits per heavy atom. The molecule has 0 amide bonds.